The smallest absolute Gasteiger partial charge is 0.475 e. The van der Waals surface area contributed by atoms with E-state index in [0.29, 0.717) is 18.9 Å². The SMILES string of the molecule is CC(=O)Oc1ccccc1C(=O)OCCc1ccc(C2CCNCC2OCc2ccc3ccccc3c2)cc1.O=C(O)C(F)(F)F. The molecule has 0 aliphatic carbocycles. The Labute approximate surface area is 264 Å². The molecule has 2 unspecified atom stereocenters. The molecule has 1 aliphatic rings. The number of benzene rings is 4. The third kappa shape index (κ3) is 9.88. The van der Waals surface area contributed by atoms with Crippen molar-refractivity contribution in [3.63, 3.8) is 0 Å². The van der Waals surface area contributed by atoms with Crippen LogP contribution in [-0.2, 0) is 32.1 Å². The fourth-order valence-electron chi connectivity index (χ4n) is 5.07. The van der Waals surface area contributed by atoms with Crippen LogP contribution >= 0.6 is 0 Å². The highest BCUT2D eigenvalue weighted by Crippen LogP contribution is 2.29. The van der Waals surface area contributed by atoms with Crippen LogP contribution in [0.5, 0.6) is 5.75 Å². The molecular formula is C35H34F3NO7. The lowest BCUT2D eigenvalue weighted by atomic mass is 9.87. The maximum absolute atomic E-state index is 12.5. The van der Waals surface area contributed by atoms with Gasteiger partial charge >= 0.3 is 24.1 Å². The second-order valence-electron chi connectivity index (χ2n) is 10.7. The Balaban J connectivity index is 0.000000617. The number of ether oxygens (including phenoxy) is 3. The first kappa shape index (κ1) is 34.1. The number of esters is 2. The van der Waals surface area contributed by atoms with E-state index in [1.165, 1.54) is 28.8 Å². The maximum atomic E-state index is 12.5. The first-order valence-electron chi connectivity index (χ1n) is 14.6. The van der Waals surface area contributed by atoms with Gasteiger partial charge in [-0.1, -0.05) is 72.8 Å². The maximum Gasteiger partial charge on any atom is 0.490 e. The van der Waals surface area contributed by atoms with Crippen molar-refractivity contribution >= 4 is 28.7 Å². The minimum absolute atomic E-state index is 0.0920. The predicted octanol–water partition coefficient (Wildman–Crippen LogP) is 6.46. The van der Waals surface area contributed by atoms with Gasteiger partial charge in [-0.05, 0) is 58.6 Å². The summed E-state index contributed by atoms with van der Waals surface area (Å²) in [4.78, 5) is 32.7. The van der Waals surface area contributed by atoms with E-state index in [1.807, 2.05) is 0 Å². The van der Waals surface area contributed by atoms with Crippen LogP contribution in [-0.4, -0.2) is 55.0 Å². The lowest BCUT2D eigenvalue weighted by Crippen LogP contribution is -2.40. The van der Waals surface area contributed by atoms with E-state index >= 15 is 0 Å². The predicted molar refractivity (Wildman–Crippen MR) is 165 cm³/mol. The average molecular weight is 638 g/mol. The molecule has 2 atom stereocenters. The molecule has 0 saturated carbocycles. The molecule has 5 rings (SSSR count). The van der Waals surface area contributed by atoms with Gasteiger partial charge in [0.25, 0.3) is 0 Å². The number of carbonyl (C=O) groups excluding carboxylic acids is 2. The lowest BCUT2D eigenvalue weighted by Gasteiger charge is -2.32. The monoisotopic (exact) mass is 637 g/mol. The summed E-state index contributed by atoms with van der Waals surface area (Å²) in [6.07, 6.45) is -3.38. The van der Waals surface area contributed by atoms with Crippen LogP contribution in [0.4, 0.5) is 13.2 Å². The lowest BCUT2D eigenvalue weighted by molar-refractivity contribution is -0.192. The van der Waals surface area contributed by atoms with Gasteiger partial charge < -0.3 is 24.6 Å². The number of alkyl halides is 3. The summed E-state index contributed by atoms with van der Waals surface area (Å²) in [5, 5.41) is 13.1. The number of carboxylic acid groups (broad SMARTS) is 1. The molecule has 1 fully saturated rings. The number of hydrogen-bond acceptors (Lipinski definition) is 7. The highest BCUT2D eigenvalue weighted by Gasteiger charge is 2.38. The van der Waals surface area contributed by atoms with Gasteiger partial charge in [0.15, 0.2) is 0 Å². The molecule has 242 valence electrons. The first-order chi connectivity index (χ1) is 22.0. The highest BCUT2D eigenvalue weighted by molar-refractivity contribution is 5.93. The highest BCUT2D eigenvalue weighted by atomic mass is 19.4. The summed E-state index contributed by atoms with van der Waals surface area (Å²) in [6.45, 7) is 3.90. The number of halogens is 3. The molecule has 0 bridgehead atoms. The number of rotatable bonds is 9. The summed E-state index contributed by atoms with van der Waals surface area (Å²) < 4.78 is 48.7. The molecule has 46 heavy (non-hydrogen) atoms. The third-order valence-electron chi connectivity index (χ3n) is 7.34. The van der Waals surface area contributed by atoms with Crippen molar-refractivity contribution in [1.82, 2.24) is 5.32 Å². The Hall–Kier alpha value is -4.74. The molecule has 0 aromatic heterocycles. The van der Waals surface area contributed by atoms with Crippen molar-refractivity contribution < 1.29 is 46.9 Å². The second kappa shape index (κ2) is 16.0. The van der Waals surface area contributed by atoms with Gasteiger partial charge in [-0.15, -0.1) is 0 Å². The van der Waals surface area contributed by atoms with Crippen molar-refractivity contribution in [1.29, 1.82) is 0 Å². The Morgan fingerprint density at radius 3 is 2.24 bits per heavy atom. The van der Waals surface area contributed by atoms with E-state index in [0.717, 1.165) is 25.1 Å². The van der Waals surface area contributed by atoms with Crippen LogP contribution in [0.3, 0.4) is 0 Å². The van der Waals surface area contributed by atoms with Gasteiger partial charge in [0, 0.05) is 25.8 Å². The van der Waals surface area contributed by atoms with Crippen LogP contribution in [0.15, 0.2) is 91.0 Å². The van der Waals surface area contributed by atoms with E-state index in [-0.39, 0.29) is 24.0 Å². The Morgan fingerprint density at radius 1 is 0.891 bits per heavy atom. The molecule has 11 heteroatoms. The number of hydrogen-bond donors (Lipinski definition) is 2. The Kier molecular flexibility index (Phi) is 11.9. The Morgan fingerprint density at radius 2 is 1.54 bits per heavy atom. The molecular weight excluding hydrogens is 603 g/mol. The van der Waals surface area contributed by atoms with Gasteiger partial charge in [-0.3, -0.25) is 4.79 Å². The van der Waals surface area contributed by atoms with E-state index in [2.05, 4.69) is 72.0 Å². The van der Waals surface area contributed by atoms with Crippen molar-refractivity contribution in [2.45, 2.75) is 44.6 Å². The summed E-state index contributed by atoms with van der Waals surface area (Å²) in [5.74, 6) is -3.22. The fourth-order valence-corrected chi connectivity index (χ4v) is 5.07. The van der Waals surface area contributed by atoms with Crippen LogP contribution < -0.4 is 10.1 Å². The zero-order chi connectivity index (χ0) is 33.1. The molecule has 4 aromatic rings. The zero-order valence-corrected chi connectivity index (χ0v) is 25.1. The summed E-state index contributed by atoms with van der Waals surface area (Å²) in [6, 6.07) is 30.0. The number of carbonyl (C=O) groups is 3. The second-order valence-corrected chi connectivity index (χ2v) is 10.7. The number of nitrogens with one attached hydrogen (secondary N) is 1. The topological polar surface area (TPSA) is 111 Å². The Bertz CT molecular complexity index is 1640. The largest absolute Gasteiger partial charge is 0.490 e. The molecule has 1 saturated heterocycles. The van der Waals surface area contributed by atoms with Crippen LogP contribution in [0.2, 0.25) is 0 Å². The van der Waals surface area contributed by atoms with Crippen molar-refractivity contribution in [2.75, 3.05) is 19.7 Å². The summed E-state index contributed by atoms with van der Waals surface area (Å²) in [7, 11) is 0. The van der Waals surface area contributed by atoms with Crippen molar-refractivity contribution in [2.24, 2.45) is 0 Å². The molecule has 0 spiro atoms. The van der Waals surface area contributed by atoms with Gasteiger partial charge in [0.1, 0.15) is 11.3 Å². The van der Waals surface area contributed by atoms with E-state index in [9.17, 15) is 22.8 Å². The van der Waals surface area contributed by atoms with E-state index < -0.39 is 24.1 Å². The van der Waals surface area contributed by atoms with Gasteiger partial charge in [0.2, 0.25) is 0 Å². The molecule has 1 heterocycles. The molecule has 8 nitrogen and oxygen atoms in total. The van der Waals surface area contributed by atoms with Gasteiger partial charge in [0.05, 0.1) is 19.3 Å². The minimum Gasteiger partial charge on any atom is -0.475 e. The molecule has 2 N–H and O–H groups in total. The molecule has 0 amide bonds. The average Bonchev–Trinajstić information content (AvgIpc) is 3.04. The zero-order valence-electron chi connectivity index (χ0n) is 25.1. The standard InChI is InChI=1S/C33H33NO5.C2HF3O2/c1-23(35)39-31-9-5-4-8-30(31)33(36)37-19-17-24-10-14-27(15-11-24)29-16-18-34-21-32(29)38-22-25-12-13-26-6-2-3-7-28(26)20-25;3-2(4,5)1(6)7/h2-15,20,29,32,34H,16-19,21-22H2,1H3;(H,6,7). The number of carboxylic acids is 1. The quantitative estimate of drug-likeness (QED) is 0.159. The van der Waals surface area contributed by atoms with Crippen molar-refractivity contribution in [3.05, 3.63) is 113 Å². The van der Waals surface area contributed by atoms with E-state index in [4.69, 9.17) is 24.1 Å². The number of aliphatic carboxylic acids is 1. The third-order valence-corrected chi connectivity index (χ3v) is 7.34. The summed E-state index contributed by atoms with van der Waals surface area (Å²) >= 11 is 0. The normalized spacial score (nSPS) is 16.2. The van der Waals surface area contributed by atoms with Crippen molar-refractivity contribution in [3.8, 4) is 5.75 Å². The number of piperidine rings is 1. The van der Waals surface area contributed by atoms with E-state index in [1.54, 1.807) is 24.3 Å². The molecule has 4 aromatic carbocycles. The molecule has 1 aliphatic heterocycles. The minimum atomic E-state index is -5.08. The summed E-state index contributed by atoms with van der Waals surface area (Å²) in [5.41, 5.74) is 3.76. The number of para-hydroxylation sites is 1. The molecule has 0 radical (unpaired) electrons. The van der Waals surface area contributed by atoms with Crippen LogP contribution in [0, 0.1) is 0 Å². The van der Waals surface area contributed by atoms with Crippen LogP contribution in [0.1, 0.15) is 46.3 Å². The number of fused-ring (bicyclic) bond motifs is 1. The fraction of sp³-hybridized carbons (Fsp3) is 0.286. The first-order valence-corrected chi connectivity index (χ1v) is 14.6. The van der Waals surface area contributed by atoms with Crippen LogP contribution in [0.25, 0.3) is 10.8 Å². The van der Waals surface area contributed by atoms with Gasteiger partial charge in [-0.25, -0.2) is 9.59 Å². The van der Waals surface area contributed by atoms with Gasteiger partial charge in [-0.2, -0.15) is 13.2 Å².